The maximum absolute atomic E-state index is 12.6. The number of carbonyl (C=O) groups excluding carboxylic acids is 1. The van der Waals surface area contributed by atoms with E-state index in [2.05, 4.69) is 22.3 Å². The van der Waals surface area contributed by atoms with Gasteiger partial charge in [0.05, 0.1) is 10.9 Å². The average molecular weight is 430 g/mol. The van der Waals surface area contributed by atoms with E-state index in [0.29, 0.717) is 37.4 Å². The van der Waals surface area contributed by atoms with Crippen LogP contribution in [0.25, 0.3) is 0 Å². The lowest BCUT2D eigenvalue weighted by atomic mass is 10.1. The molecule has 6 nitrogen and oxygen atoms in total. The van der Waals surface area contributed by atoms with E-state index >= 15 is 0 Å². The van der Waals surface area contributed by atoms with Crippen molar-refractivity contribution in [3.63, 3.8) is 0 Å². The molecule has 1 aliphatic rings. The zero-order valence-electron chi connectivity index (χ0n) is 17.8. The lowest BCUT2D eigenvalue weighted by Gasteiger charge is -2.25. The number of aryl methyl sites for hydroxylation is 1. The zero-order valence-corrected chi connectivity index (χ0v) is 18.6. The summed E-state index contributed by atoms with van der Waals surface area (Å²) in [6, 6.07) is 17.1. The van der Waals surface area contributed by atoms with Crippen molar-refractivity contribution >= 4 is 15.9 Å². The highest BCUT2D eigenvalue weighted by atomic mass is 32.2. The van der Waals surface area contributed by atoms with Gasteiger partial charge in [0.15, 0.2) is 0 Å². The summed E-state index contributed by atoms with van der Waals surface area (Å²) in [4.78, 5) is 14.8. The van der Waals surface area contributed by atoms with Crippen molar-refractivity contribution in [2.24, 2.45) is 0 Å². The van der Waals surface area contributed by atoms with E-state index in [1.807, 2.05) is 44.4 Å². The van der Waals surface area contributed by atoms with Crippen molar-refractivity contribution < 1.29 is 13.2 Å². The highest BCUT2D eigenvalue weighted by molar-refractivity contribution is 7.89. The first-order chi connectivity index (χ1) is 14.4. The first kappa shape index (κ1) is 22.5. The molecule has 1 saturated heterocycles. The monoisotopic (exact) mass is 429 g/mol. The Morgan fingerprint density at radius 2 is 1.67 bits per heavy atom. The molecule has 0 radical (unpaired) electrons. The molecule has 1 unspecified atom stereocenters. The largest absolute Gasteiger partial charge is 0.354 e. The Balaban J connectivity index is 1.51. The summed E-state index contributed by atoms with van der Waals surface area (Å²) >= 11 is 0. The summed E-state index contributed by atoms with van der Waals surface area (Å²) in [5.74, 6) is -0.00783. The Kier molecular flexibility index (Phi) is 7.64. The van der Waals surface area contributed by atoms with Crippen LogP contribution in [0, 0.1) is 0 Å². The Morgan fingerprint density at radius 1 is 1.03 bits per heavy atom. The molecule has 2 aromatic carbocycles. The van der Waals surface area contributed by atoms with E-state index in [-0.39, 0.29) is 11.9 Å². The molecule has 1 atom stereocenters. The minimum Gasteiger partial charge on any atom is -0.354 e. The Labute approximate surface area is 179 Å². The quantitative estimate of drug-likeness (QED) is 0.666. The van der Waals surface area contributed by atoms with Crippen LogP contribution < -0.4 is 5.32 Å². The number of sulfonamides is 1. The highest BCUT2D eigenvalue weighted by Crippen LogP contribution is 2.21. The molecule has 1 fully saturated rings. The first-order valence-electron chi connectivity index (χ1n) is 10.4. The number of benzene rings is 2. The molecular weight excluding hydrogens is 398 g/mol. The molecule has 1 heterocycles. The highest BCUT2D eigenvalue weighted by Gasteiger charge is 2.26. The molecule has 162 valence electrons. The predicted octanol–water partition coefficient (Wildman–Crippen LogP) is 2.82. The van der Waals surface area contributed by atoms with Gasteiger partial charge >= 0.3 is 0 Å². The summed E-state index contributed by atoms with van der Waals surface area (Å²) < 4.78 is 26.7. The minimum absolute atomic E-state index is 0.00783. The van der Waals surface area contributed by atoms with Gasteiger partial charge in [-0.05, 0) is 56.6 Å². The fourth-order valence-electron chi connectivity index (χ4n) is 3.74. The molecule has 3 rings (SSSR count). The number of likely N-dealkylation sites (N-methyl/N-ethyl adjacent to an activating group) is 1. The van der Waals surface area contributed by atoms with Gasteiger partial charge in [-0.1, -0.05) is 42.5 Å². The topological polar surface area (TPSA) is 69.7 Å². The Morgan fingerprint density at radius 3 is 2.27 bits per heavy atom. The molecule has 7 heteroatoms. The fourth-order valence-corrected chi connectivity index (χ4v) is 5.25. The van der Waals surface area contributed by atoms with Crippen LogP contribution >= 0.6 is 0 Å². The molecule has 1 aliphatic heterocycles. The molecule has 0 aliphatic carbocycles. The van der Waals surface area contributed by atoms with Crippen LogP contribution in [-0.2, 0) is 21.2 Å². The van der Waals surface area contributed by atoms with Gasteiger partial charge in [0.2, 0.25) is 15.9 Å². The Hall–Kier alpha value is -2.22. The zero-order chi connectivity index (χ0) is 21.6. The van der Waals surface area contributed by atoms with E-state index in [1.54, 1.807) is 16.4 Å². The molecule has 0 aromatic heterocycles. The van der Waals surface area contributed by atoms with Crippen molar-refractivity contribution in [2.45, 2.75) is 36.6 Å². The van der Waals surface area contributed by atoms with E-state index in [4.69, 9.17) is 0 Å². The Bertz CT molecular complexity index is 922. The number of rotatable bonds is 9. The van der Waals surface area contributed by atoms with Crippen molar-refractivity contribution in [3.8, 4) is 0 Å². The van der Waals surface area contributed by atoms with E-state index < -0.39 is 10.0 Å². The predicted molar refractivity (Wildman–Crippen MR) is 119 cm³/mol. The number of nitrogens with zero attached hydrogens (tertiary/aromatic N) is 2. The second-order valence-electron chi connectivity index (χ2n) is 7.95. The number of hydrogen-bond donors (Lipinski definition) is 1. The molecule has 0 saturated carbocycles. The van der Waals surface area contributed by atoms with Crippen molar-refractivity contribution in [2.75, 3.05) is 33.7 Å². The van der Waals surface area contributed by atoms with Crippen LogP contribution in [0.4, 0.5) is 0 Å². The molecule has 0 spiro atoms. The van der Waals surface area contributed by atoms with E-state index in [9.17, 15) is 13.2 Å². The second kappa shape index (κ2) is 10.2. The van der Waals surface area contributed by atoms with Gasteiger partial charge in [-0.25, -0.2) is 8.42 Å². The summed E-state index contributed by atoms with van der Waals surface area (Å²) in [6.07, 6.45) is 2.79. The van der Waals surface area contributed by atoms with Crippen LogP contribution in [0.1, 0.15) is 36.4 Å². The summed E-state index contributed by atoms with van der Waals surface area (Å²) in [5, 5.41) is 3.02. The molecule has 30 heavy (non-hydrogen) atoms. The second-order valence-corrected chi connectivity index (χ2v) is 9.89. The van der Waals surface area contributed by atoms with E-state index in [1.165, 1.54) is 0 Å². The molecule has 0 bridgehead atoms. The van der Waals surface area contributed by atoms with Crippen molar-refractivity contribution in [3.05, 3.63) is 65.7 Å². The minimum atomic E-state index is -3.39. The maximum Gasteiger partial charge on any atom is 0.243 e. The summed E-state index contributed by atoms with van der Waals surface area (Å²) in [6.45, 7) is 1.74. The summed E-state index contributed by atoms with van der Waals surface area (Å²) in [7, 11) is 0.613. The van der Waals surface area contributed by atoms with Gasteiger partial charge in [0.25, 0.3) is 0 Å². The van der Waals surface area contributed by atoms with E-state index in [0.717, 1.165) is 24.0 Å². The third kappa shape index (κ3) is 5.68. The third-order valence-corrected chi connectivity index (χ3v) is 7.48. The summed E-state index contributed by atoms with van der Waals surface area (Å²) in [5.41, 5.74) is 2.12. The van der Waals surface area contributed by atoms with Gasteiger partial charge < -0.3 is 10.2 Å². The van der Waals surface area contributed by atoms with Crippen LogP contribution in [0.15, 0.2) is 59.5 Å². The van der Waals surface area contributed by atoms with Crippen molar-refractivity contribution in [1.82, 2.24) is 14.5 Å². The smallest absolute Gasteiger partial charge is 0.243 e. The van der Waals surface area contributed by atoms with Crippen LogP contribution in [-0.4, -0.2) is 57.3 Å². The first-order valence-corrected chi connectivity index (χ1v) is 11.9. The maximum atomic E-state index is 12.6. The molecule has 2 aromatic rings. The lowest BCUT2D eigenvalue weighted by molar-refractivity contribution is -0.121. The fraction of sp³-hybridized carbons (Fsp3) is 0.435. The van der Waals surface area contributed by atoms with Gasteiger partial charge in [0, 0.05) is 26.1 Å². The number of hydrogen-bond acceptors (Lipinski definition) is 4. The number of amides is 1. The SMILES string of the molecule is CN(C)C(CNC(=O)CCc1ccc(S(=O)(=O)N2CCCC2)cc1)c1ccccc1. The number of carbonyl (C=O) groups is 1. The lowest BCUT2D eigenvalue weighted by Crippen LogP contribution is -2.34. The number of nitrogens with one attached hydrogen (secondary N) is 1. The third-order valence-electron chi connectivity index (χ3n) is 5.57. The van der Waals surface area contributed by atoms with Gasteiger partial charge in [0.1, 0.15) is 0 Å². The van der Waals surface area contributed by atoms with Gasteiger partial charge in [-0.15, -0.1) is 0 Å². The van der Waals surface area contributed by atoms with Crippen LogP contribution in [0.2, 0.25) is 0 Å². The molecule has 1 amide bonds. The van der Waals surface area contributed by atoms with Gasteiger partial charge in [-0.3, -0.25) is 4.79 Å². The molecular formula is C23H31N3O3S. The standard InChI is InChI=1S/C23H31N3O3S/c1-25(2)22(20-8-4-3-5-9-20)18-24-23(27)15-12-19-10-13-21(14-11-19)30(28,29)26-16-6-7-17-26/h3-5,8-11,13-14,22H,6-7,12,15-18H2,1-2H3,(H,24,27). The normalized spacial score (nSPS) is 16.0. The average Bonchev–Trinajstić information content (AvgIpc) is 3.29. The molecule has 1 N–H and O–H groups in total. The van der Waals surface area contributed by atoms with Crippen LogP contribution in [0.5, 0.6) is 0 Å². The van der Waals surface area contributed by atoms with Crippen molar-refractivity contribution in [1.29, 1.82) is 0 Å². The van der Waals surface area contributed by atoms with Crippen LogP contribution in [0.3, 0.4) is 0 Å². The van der Waals surface area contributed by atoms with Gasteiger partial charge in [-0.2, -0.15) is 4.31 Å².